The van der Waals surface area contributed by atoms with Gasteiger partial charge in [0.2, 0.25) is 0 Å². The van der Waals surface area contributed by atoms with Crippen molar-refractivity contribution in [1.29, 1.82) is 0 Å². The topological polar surface area (TPSA) is 84.5 Å². The third-order valence-corrected chi connectivity index (χ3v) is 4.16. The van der Waals surface area contributed by atoms with Crippen molar-refractivity contribution in [2.24, 2.45) is 0 Å². The fourth-order valence-electron chi connectivity index (χ4n) is 2.31. The van der Waals surface area contributed by atoms with Crippen LogP contribution >= 0.6 is 11.6 Å². The number of benzene rings is 2. The summed E-state index contributed by atoms with van der Waals surface area (Å²) in [5.41, 5.74) is 1.06. The average Bonchev–Trinajstić information content (AvgIpc) is 2.67. The maximum atomic E-state index is 13.0. The van der Waals surface area contributed by atoms with Gasteiger partial charge in [-0.1, -0.05) is 23.7 Å². The Morgan fingerprint density at radius 1 is 1.04 bits per heavy atom. The van der Waals surface area contributed by atoms with Crippen molar-refractivity contribution >= 4 is 29.4 Å². The first-order valence-corrected chi connectivity index (χ1v) is 8.93. The van der Waals surface area contributed by atoms with Crippen molar-refractivity contribution in [3.05, 3.63) is 70.5 Å². The van der Waals surface area contributed by atoms with Gasteiger partial charge in [0.15, 0.2) is 6.10 Å². The van der Waals surface area contributed by atoms with Crippen LogP contribution in [0.1, 0.15) is 35.8 Å². The number of carbonyl (C=O) groups excluding carboxylic acids is 3. The number of amides is 2. The van der Waals surface area contributed by atoms with Crippen LogP contribution in [0.25, 0.3) is 0 Å². The number of ether oxygens (including phenoxy) is 1. The minimum Gasteiger partial charge on any atom is -0.451 e. The second-order valence-corrected chi connectivity index (χ2v) is 6.54. The van der Waals surface area contributed by atoms with Gasteiger partial charge in [-0.25, -0.2) is 4.39 Å². The average molecular weight is 407 g/mol. The Morgan fingerprint density at radius 3 is 2.25 bits per heavy atom. The van der Waals surface area contributed by atoms with Crippen molar-refractivity contribution in [3.63, 3.8) is 0 Å². The van der Waals surface area contributed by atoms with Crippen LogP contribution in [-0.2, 0) is 14.3 Å². The third kappa shape index (κ3) is 6.35. The molecule has 0 bridgehead atoms. The molecule has 0 heterocycles. The van der Waals surface area contributed by atoms with E-state index in [4.69, 9.17) is 16.3 Å². The largest absolute Gasteiger partial charge is 0.451 e. The van der Waals surface area contributed by atoms with Crippen molar-refractivity contribution in [2.75, 3.05) is 6.54 Å². The summed E-state index contributed by atoms with van der Waals surface area (Å²) in [7, 11) is 0. The molecular weight excluding hydrogens is 387 g/mol. The zero-order valence-corrected chi connectivity index (χ0v) is 16.1. The molecule has 0 aliphatic heterocycles. The summed E-state index contributed by atoms with van der Waals surface area (Å²) in [6.45, 7) is 2.77. The molecule has 0 aliphatic carbocycles. The van der Waals surface area contributed by atoms with Gasteiger partial charge >= 0.3 is 5.97 Å². The summed E-state index contributed by atoms with van der Waals surface area (Å²) < 4.78 is 18.0. The molecule has 0 aromatic heterocycles. The van der Waals surface area contributed by atoms with Crippen LogP contribution in [0, 0.1) is 5.82 Å². The van der Waals surface area contributed by atoms with Crippen molar-refractivity contribution in [2.45, 2.75) is 26.0 Å². The first-order chi connectivity index (χ1) is 13.3. The zero-order chi connectivity index (χ0) is 20.7. The number of carbonyl (C=O) groups is 3. The van der Waals surface area contributed by atoms with E-state index in [1.165, 1.54) is 31.2 Å². The molecule has 8 heteroatoms. The molecular formula is C20H20ClFN2O4. The van der Waals surface area contributed by atoms with E-state index in [-0.39, 0.29) is 18.4 Å². The first kappa shape index (κ1) is 21.4. The van der Waals surface area contributed by atoms with Gasteiger partial charge < -0.3 is 15.4 Å². The second-order valence-electron chi connectivity index (χ2n) is 6.10. The van der Waals surface area contributed by atoms with E-state index < -0.39 is 23.9 Å². The number of esters is 1. The summed E-state index contributed by atoms with van der Waals surface area (Å²) >= 11 is 5.75. The molecule has 0 saturated carbocycles. The Bertz CT molecular complexity index is 840. The van der Waals surface area contributed by atoms with Gasteiger partial charge in [-0.3, -0.25) is 14.4 Å². The molecule has 2 atom stereocenters. The maximum absolute atomic E-state index is 13.0. The summed E-state index contributed by atoms with van der Waals surface area (Å²) in [6, 6.07) is 11.5. The Kier molecular flexibility index (Phi) is 7.52. The molecule has 2 N–H and O–H groups in total. The summed E-state index contributed by atoms with van der Waals surface area (Å²) in [5.74, 6) is -2.09. The summed E-state index contributed by atoms with van der Waals surface area (Å²) in [6.07, 6.45) is -1.05. The van der Waals surface area contributed by atoms with Gasteiger partial charge in [0, 0.05) is 10.6 Å². The number of hydrogen-bond donors (Lipinski definition) is 2. The predicted molar refractivity (Wildman–Crippen MR) is 102 cm³/mol. The lowest BCUT2D eigenvalue weighted by Gasteiger charge is -2.18. The molecule has 148 valence electrons. The monoisotopic (exact) mass is 406 g/mol. The first-order valence-electron chi connectivity index (χ1n) is 8.55. The summed E-state index contributed by atoms with van der Waals surface area (Å²) in [4.78, 5) is 36.0. The number of hydrogen-bond acceptors (Lipinski definition) is 4. The molecule has 0 fully saturated rings. The van der Waals surface area contributed by atoms with E-state index >= 15 is 0 Å². The highest BCUT2D eigenvalue weighted by Crippen LogP contribution is 2.13. The quantitative estimate of drug-likeness (QED) is 0.692. The summed E-state index contributed by atoms with van der Waals surface area (Å²) in [5, 5.41) is 5.58. The molecule has 0 saturated heterocycles. The molecule has 0 unspecified atom stereocenters. The fourth-order valence-corrected chi connectivity index (χ4v) is 2.44. The van der Waals surface area contributed by atoms with E-state index in [1.54, 1.807) is 31.2 Å². The van der Waals surface area contributed by atoms with E-state index in [1.807, 2.05) is 0 Å². The smallest absolute Gasteiger partial charge is 0.326 e. The van der Waals surface area contributed by atoms with Gasteiger partial charge in [0.25, 0.3) is 11.8 Å². The highest BCUT2D eigenvalue weighted by Gasteiger charge is 2.20. The SMILES string of the molecule is C[C@H](NC(=O)[C@@H](C)OC(=O)CNC(=O)c1ccc(Cl)cc1)c1ccc(F)cc1. The Balaban J connectivity index is 1.79. The second kappa shape index (κ2) is 9.85. The Labute approximate surface area is 167 Å². The number of halogens is 2. The molecule has 2 aromatic rings. The molecule has 0 radical (unpaired) electrons. The van der Waals surface area contributed by atoms with Crippen molar-refractivity contribution in [3.8, 4) is 0 Å². The van der Waals surface area contributed by atoms with E-state index in [9.17, 15) is 18.8 Å². The van der Waals surface area contributed by atoms with Gasteiger partial charge in [-0.05, 0) is 55.8 Å². The highest BCUT2D eigenvalue weighted by molar-refractivity contribution is 6.30. The lowest BCUT2D eigenvalue weighted by atomic mass is 10.1. The van der Waals surface area contributed by atoms with Gasteiger partial charge in [0.05, 0.1) is 6.04 Å². The van der Waals surface area contributed by atoms with Crippen LogP contribution in [0.15, 0.2) is 48.5 Å². The van der Waals surface area contributed by atoms with E-state index in [0.717, 1.165) is 0 Å². The van der Waals surface area contributed by atoms with Crippen LogP contribution in [0.3, 0.4) is 0 Å². The molecule has 2 aromatic carbocycles. The standard InChI is InChI=1S/C20H20ClFN2O4/c1-12(14-5-9-17(22)10-6-14)24-19(26)13(2)28-18(25)11-23-20(27)15-3-7-16(21)8-4-15/h3-10,12-13H,11H2,1-2H3,(H,23,27)(H,24,26)/t12-,13+/m0/s1. The molecule has 28 heavy (non-hydrogen) atoms. The zero-order valence-electron chi connectivity index (χ0n) is 15.4. The number of nitrogens with one attached hydrogen (secondary N) is 2. The molecule has 6 nitrogen and oxygen atoms in total. The van der Waals surface area contributed by atoms with Crippen LogP contribution < -0.4 is 10.6 Å². The van der Waals surface area contributed by atoms with Gasteiger partial charge in [-0.2, -0.15) is 0 Å². The van der Waals surface area contributed by atoms with E-state index in [2.05, 4.69) is 10.6 Å². The third-order valence-electron chi connectivity index (χ3n) is 3.91. The molecule has 2 amide bonds. The predicted octanol–water partition coefficient (Wildman–Crippen LogP) is 3.02. The lowest BCUT2D eigenvalue weighted by Crippen LogP contribution is -2.39. The Hall–Kier alpha value is -2.93. The number of rotatable bonds is 7. The van der Waals surface area contributed by atoms with Crippen LogP contribution in [0.5, 0.6) is 0 Å². The molecule has 2 rings (SSSR count). The minimum atomic E-state index is -1.05. The van der Waals surface area contributed by atoms with Crippen LogP contribution in [-0.4, -0.2) is 30.4 Å². The Morgan fingerprint density at radius 2 is 1.64 bits per heavy atom. The van der Waals surface area contributed by atoms with E-state index in [0.29, 0.717) is 16.1 Å². The molecule has 0 spiro atoms. The van der Waals surface area contributed by atoms with Crippen molar-refractivity contribution < 1.29 is 23.5 Å². The normalized spacial score (nSPS) is 12.6. The van der Waals surface area contributed by atoms with Crippen molar-refractivity contribution in [1.82, 2.24) is 10.6 Å². The highest BCUT2D eigenvalue weighted by atomic mass is 35.5. The van der Waals surface area contributed by atoms with Gasteiger partial charge in [0.1, 0.15) is 12.4 Å². The maximum Gasteiger partial charge on any atom is 0.326 e. The lowest BCUT2D eigenvalue weighted by molar-refractivity contribution is -0.154. The minimum absolute atomic E-state index is 0.344. The van der Waals surface area contributed by atoms with Crippen LogP contribution in [0.2, 0.25) is 5.02 Å². The van der Waals surface area contributed by atoms with Gasteiger partial charge in [-0.15, -0.1) is 0 Å². The fraction of sp³-hybridized carbons (Fsp3) is 0.250. The van der Waals surface area contributed by atoms with Crippen LogP contribution in [0.4, 0.5) is 4.39 Å². The molecule has 0 aliphatic rings.